The molecule has 0 atom stereocenters. The average Bonchev–Trinajstić information content (AvgIpc) is 3.22. The zero-order valence-electron chi connectivity index (χ0n) is 15.8. The van der Waals surface area contributed by atoms with E-state index in [9.17, 15) is 9.59 Å². The van der Waals surface area contributed by atoms with Crippen LogP contribution in [0.25, 0.3) is 16.8 Å². The van der Waals surface area contributed by atoms with Crippen molar-refractivity contribution in [2.75, 3.05) is 18.5 Å². The number of carbonyl (C=O) groups excluding carboxylic acids is 1. The molecule has 0 bridgehead atoms. The summed E-state index contributed by atoms with van der Waals surface area (Å²) in [6.45, 7) is 0.728. The fraction of sp³-hybridized carbons (Fsp3) is 0.143. The Morgan fingerprint density at radius 1 is 1.03 bits per heavy atom. The normalized spacial score (nSPS) is 12.7. The van der Waals surface area contributed by atoms with Crippen LogP contribution < -0.4 is 20.3 Å². The minimum atomic E-state index is -0.399. The van der Waals surface area contributed by atoms with Crippen molar-refractivity contribution in [3.63, 3.8) is 0 Å². The van der Waals surface area contributed by atoms with Crippen LogP contribution in [0.3, 0.4) is 0 Å². The molecule has 4 aromatic rings. The zero-order chi connectivity index (χ0) is 20.5. The van der Waals surface area contributed by atoms with Crippen molar-refractivity contribution < 1.29 is 14.3 Å². The number of benzene rings is 2. The first-order chi connectivity index (χ1) is 14.7. The molecule has 0 unspecified atom stereocenters. The highest BCUT2D eigenvalue weighted by atomic mass is 16.6. The highest BCUT2D eigenvalue weighted by Gasteiger charge is 2.15. The minimum absolute atomic E-state index is 0.227. The lowest BCUT2D eigenvalue weighted by Gasteiger charge is -2.19. The molecule has 3 heterocycles. The number of aromatic nitrogens is 4. The van der Waals surface area contributed by atoms with Crippen LogP contribution in [0.5, 0.6) is 11.5 Å². The smallest absolute Gasteiger partial charge is 0.293 e. The van der Waals surface area contributed by atoms with Crippen LogP contribution in [0, 0.1) is 0 Å². The molecular formula is C21H17N5O4. The molecule has 150 valence electrons. The summed E-state index contributed by atoms with van der Waals surface area (Å²) < 4.78 is 13.5. The Morgan fingerprint density at radius 3 is 2.67 bits per heavy atom. The van der Waals surface area contributed by atoms with E-state index in [1.807, 2.05) is 30.3 Å². The van der Waals surface area contributed by atoms with E-state index in [2.05, 4.69) is 15.5 Å². The van der Waals surface area contributed by atoms with Gasteiger partial charge in [0.05, 0.1) is 5.69 Å². The summed E-state index contributed by atoms with van der Waals surface area (Å²) in [6, 6.07) is 16.4. The Kier molecular flexibility index (Phi) is 4.40. The van der Waals surface area contributed by atoms with Gasteiger partial charge in [0.25, 0.3) is 5.56 Å². The second kappa shape index (κ2) is 7.36. The molecule has 9 heteroatoms. The number of anilines is 1. The topological polar surface area (TPSA) is 99.8 Å². The van der Waals surface area contributed by atoms with Gasteiger partial charge in [0.2, 0.25) is 5.91 Å². The summed E-state index contributed by atoms with van der Waals surface area (Å²) in [5, 5.41) is 11.2. The van der Waals surface area contributed by atoms with Crippen molar-refractivity contribution in [2.45, 2.75) is 6.54 Å². The number of amides is 1. The molecule has 0 spiro atoms. The predicted octanol–water partition coefficient (Wildman–Crippen LogP) is 1.97. The molecule has 0 aliphatic carbocycles. The van der Waals surface area contributed by atoms with Crippen LogP contribution in [-0.2, 0) is 11.3 Å². The fourth-order valence-electron chi connectivity index (χ4n) is 3.26. The number of hydrogen-bond donors (Lipinski definition) is 1. The molecule has 2 aromatic heterocycles. The number of carbonyl (C=O) groups is 1. The van der Waals surface area contributed by atoms with Gasteiger partial charge < -0.3 is 14.8 Å². The maximum atomic E-state index is 12.8. The number of fused-ring (bicyclic) bond motifs is 2. The van der Waals surface area contributed by atoms with Gasteiger partial charge in [-0.2, -0.15) is 10.2 Å². The highest BCUT2D eigenvalue weighted by molar-refractivity contribution is 5.91. The first kappa shape index (κ1) is 17.9. The Hall–Kier alpha value is -4.14. The maximum Gasteiger partial charge on any atom is 0.293 e. The van der Waals surface area contributed by atoms with Gasteiger partial charge in [-0.25, -0.2) is 9.20 Å². The van der Waals surface area contributed by atoms with Gasteiger partial charge in [-0.1, -0.05) is 30.3 Å². The summed E-state index contributed by atoms with van der Waals surface area (Å²) in [7, 11) is 0. The second-order valence-electron chi connectivity index (χ2n) is 6.73. The van der Waals surface area contributed by atoms with Crippen LogP contribution in [-0.4, -0.2) is 38.5 Å². The molecule has 1 aliphatic rings. The molecule has 9 nitrogen and oxygen atoms in total. The molecule has 0 radical (unpaired) electrons. The Labute approximate surface area is 170 Å². The van der Waals surface area contributed by atoms with Crippen LogP contribution in [0.15, 0.2) is 65.7 Å². The van der Waals surface area contributed by atoms with E-state index in [4.69, 9.17) is 9.47 Å². The fourth-order valence-corrected chi connectivity index (χ4v) is 3.26. The molecule has 2 aromatic carbocycles. The summed E-state index contributed by atoms with van der Waals surface area (Å²) in [5.74, 6) is 0.828. The molecule has 0 saturated carbocycles. The Balaban J connectivity index is 1.36. The lowest BCUT2D eigenvalue weighted by atomic mass is 10.1. The van der Waals surface area contributed by atoms with Crippen molar-refractivity contribution in [3.8, 4) is 22.8 Å². The average molecular weight is 403 g/mol. The Morgan fingerprint density at radius 2 is 1.83 bits per heavy atom. The van der Waals surface area contributed by atoms with E-state index in [1.54, 1.807) is 24.3 Å². The lowest BCUT2D eigenvalue weighted by molar-refractivity contribution is -0.117. The van der Waals surface area contributed by atoms with E-state index >= 15 is 0 Å². The number of nitrogens with zero attached hydrogens (tertiary/aromatic N) is 4. The predicted molar refractivity (Wildman–Crippen MR) is 109 cm³/mol. The van der Waals surface area contributed by atoms with Crippen molar-refractivity contribution in [2.24, 2.45) is 0 Å². The van der Waals surface area contributed by atoms with Crippen LogP contribution in [0.1, 0.15) is 0 Å². The Bertz CT molecular complexity index is 1300. The SMILES string of the molecule is O=C(Cn1ncn2nc(-c3ccccc3)cc2c1=O)Nc1ccc2c(c1)OCCO2. The number of ether oxygens (including phenoxy) is 2. The molecule has 30 heavy (non-hydrogen) atoms. The third-order valence-corrected chi connectivity index (χ3v) is 4.68. The van der Waals surface area contributed by atoms with Crippen molar-refractivity contribution in [1.29, 1.82) is 0 Å². The summed E-state index contributed by atoms with van der Waals surface area (Å²) >= 11 is 0. The molecule has 1 amide bonds. The van der Waals surface area contributed by atoms with Gasteiger partial charge in [-0.05, 0) is 18.2 Å². The first-order valence-corrected chi connectivity index (χ1v) is 9.38. The van der Waals surface area contributed by atoms with E-state index in [1.165, 1.54) is 10.8 Å². The third kappa shape index (κ3) is 3.37. The molecule has 0 fully saturated rings. The lowest BCUT2D eigenvalue weighted by Crippen LogP contribution is -2.30. The first-order valence-electron chi connectivity index (χ1n) is 9.38. The van der Waals surface area contributed by atoms with Crippen molar-refractivity contribution >= 4 is 17.1 Å². The van der Waals surface area contributed by atoms with Gasteiger partial charge in [0.15, 0.2) is 11.5 Å². The van der Waals surface area contributed by atoms with Crippen LogP contribution in [0.2, 0.25) is 0 Å². The highest BCUT2D eigenvalue weighted by Crippen LogP contribution is 2.32. The van der Waals surface area contributed by atoms with Gasteiger partial charge in [-0.15, -0.1) is 0 Å². The second-order valence-corrected chi connectivity index (χ2v) is 6.73. The summed E-state index contributed by atoms with van der Waals surface area (Å²) in [4.78, 5) is 25.2. The van der Waals surface area contributed by atoms with E-state index in [-0.39, 0.29) is 12.5 Å². The molecule has 1 aliphatic heterocycles. The zero-order valence-corrected chi connectivity index (χ0v) is 15.8. The molecular weight excluding hydrogens is 386 g/mol. The van der Waals surface area contributed by atoms with E-state index in [0.29, 0.717) is 41.6 Å². The molecule has 0 saturated heterocycles. The van der Waals surface area contributed by atoms with Crippen LogP contribution in [0.4, 0.5) is 5.69 Å². The van der Waals surface area contributed by atoms with Gasteiger partial charge in [0.1, 0.15) is 31.6 Å². The summed E-state index contributed by atoms with van der Waals surface area (Å²) in [5.41, 5.74) is 2.05. The van der Waals surface area contributed by atoms with E-state index < -0.39 is 5.56 Å². The van der Waals surface area contributed by atoms with Gasteiger partial charge in [0, 0.05) is 17.3 Å². The summed E-state index contributed by atoms with van der Waals surface area (Å²) in [6.07, 6.45) is 1.42. The van der Waals surface area contributed by atoms with Gasteiger partial charge in [-0.3, -0.25) is 9.59 Å². The molecule has 5 rings (SSSR count). The monoisotopic (exact) mass is 403 g/mol. The number of hydrogen-bond acceptors (Lipinski definition) is 6. The minimum Gasteiger partial charge on any atom is -0.486 e. The van der Waals surface area contributed by atoms with Crippen molar-refractivity contribution in [3.05, 3.63) is 71.3 Å². The number of rotatable bonds is 4. The van der Waals surface area contributed by atoms with E-state index in [0.717, 1.165) is 10.2 Å². The molecule has 1 N–H and O–H groups in total. The standard InChI is InChI=1S/C21H17N5O4/c27-20(23-15-6-7-18-19(10-15)30-9-8-29-18)12-25-21(28)17-11-16(24-26(17)13-22-25)14-4-2-1-3-5-14/h1-7,10-11,13H,8-9,12H2,(H,23,27). The maximum absolute atomic E-state index is 12.8. The quantitative estimate of drug-likeness (QED) is 0.559. The number of nitrogens with one attached hydrogen (secondary N) is 1. The third-order valence-electron chi connectivity index (χ3n) is 4.68. The van der Waals surface area contributed by atoms with Crippen molar-refractivity contribution in [1.82, 2.24) is 19.4 Å². The largest absolute Gasteiger partial charge is 0.486 e. The van der Waals surface area contributed by atoms with Gasteiger partial charge >= 0.3 is 0 Å². The van der Waals surface area contributed by atoms with Crippen LogP contribution >= 0.6 is 0 Å².